The monoisotopic (exact) mass is 301 g/mol. The molecule has 1 aliphatic rings. The number of rotatable bonds is 4. The summed E-state index contributed by atoms with van der Waals surface area (Å²) in [5, 5.41) is 3.46. The Morgan fingerprint density at radius 3 is 2.38 bits per heavy atom. The zero-order valence-corrected chi connectivity index (χ0v) is 12.1. The molecule has 0 unspecified atom stereocenters. The maximum atomic E-state index is 12.2. The molecule has 1 fully saturated rings. The molecule has 2 nitrogen and oxygen atoms in total. The maximum absolute atomic E-state index is 12.2. The Balaban J connectivity index is 1.85. The average molecular weight is 301 g/mol. The van der Waals surface area contributed by atoms with Gasteiger partial charge >= 0.3 is 6.36 Å². The highest BCUT2D eigenvalue weighted by atomic mass is 19.4. The number of halogens is 3. The van der Waals surface area contributed by atoms with Crippen molar-refractivity contribution in [2.75, 3.05) is 0 Å². The van der Waals surface area contributed by atoms with Crippen LogP contribution in [0.4, 0.5) is 13.2 Å². The molecule has 0 aliphatic heterocycles. The summed E-state index contributed by atoms with van der Waals surface area (Å²) in [4.78, 5) is 0. The highest BCUT2D eigenvalue weighted by molar-refractivity contribution is 5.28. The minimum Gasteiger partial charge on any atom is -0.406 e. The van der Waals surface area contributed by atoms with Crippen molar-refractivity contribution >= 4 is 0 Å². The zero-order chi connectivity index (χ0) is 15.1. The molecule has 0 aromatic heterocycles. The van der Waals surface area contributed by atoms with Crippen LogP contribution in [0.1, 0.15) is 50.5 Å². The van der Waals surface area contributed by atoms with Crippen molar-refractivity contribution in [3.63, 3.8) is 0 Å². The molecular formula is C16H22F3NO. The average Bonchev–Trinajstić information content (AvgIpc) is 2.36. The van der Waals surface area contributed by atoms with Crippen molar-refractivity contribution in [1.29, 1.82) is 0 Å². The lowest BCUT2D eigenvalue weighted by Crippen LogP contribution is -2.29. The van der Waals surface area contributed by atoms with Gasteiger partial charge in [-0.05, 0) is 30.5 Å². The predicted molar refractivity (Wildman–Crippen MR) is 76.1 cm³/mol. The second-order valence-electron chi connectivity index (χ2n) is 5.62. The van der Waals surface area contributed by atoms with Gasteiger partial charge in [-0.3, -0.25) is 0 Å². The van der Waals surface area contributed by atoms with Gasteiger partial charge in [0.15, 0.2) is 0 Å². The van der Waals surface area contributed by atoms with Crippen LogP contribution in [0.3, 0.4) is 0 Å². The lowest BCUT2D eigenvalue weighted by atomic mass is 9.96. The van der Waals surface area contributed by atoms with E-state index in [2.05, 4.69) is 10.1 Å². The normalized spacial score (nSPS) is 18.0. The third-order valence-electron chi connectivity index (χ3n) is 3.83. The summed E-state index contributed by atoms with van der Waals surface area (Å²) in [6.07, 6.45) is 4.02. The summed E-state index contributed by atoms with van der Waals surface area (Å²) < 4.78 is 40.5. The molecule has 0 spiro atoms. The van der Waals surface area contributed by atoms with E-state index in [0.717, 1.165) is 18.4 Å². The Labute approximate surface area is 123 Å². The van der Waals surface area contributed by atoms with Gasteiger partial charge in [0, 0.05) is 12.6 Å². The standard InChI is InChI=1S/C16H22F3NO/c17-16(18,19)21-15-10-6-7-13(11-15)12-20-14-8-4-2-1-3-5-9-14/h6-7,10-11,14,20H,1-5,8-9,12H2. The van der Waals surface area contributed by atoms with Crippen LogP contribution in [0.25, 0.3) is 0 Å². The third-order valence-corrected chi connectivity index (χ3v) is 3.83. The smallest absolute Gasteiger partial charge is 0.406 e. The lowest BCUT2D eigenvalue weighted by molar-refractivity contribution is -0.274. The minimum atomic E-state index is -4.63. The van der Waals surface area contributed by atoms with Crippen molar-refractivity contribution in [2.24, 2.45) is 0 Å². The van der Waals surface area contributed by atoms with Crippen molar-refractivity contribution < 1.29 is 17.9 Å². The van der Waals surface area contributed by atoms with Crippen LogP contribution in [0.2, 0.25) is 0 Å². The highest BCUT2D eigenvalue weighted by Crippen LogP contribution is 2.23. The first-order valence-corrected chi connectivity index (χ1v) is 7.61. The Morgan fingerprint density at radius 2 is 1.71 bits per heavy atom. The molecule has 1 aliphatic carbocycles. The number of hydrogen-bond donors (Lipinski definition) is 1. The Morgan fingerprint density at radius 1 is 1.05 bits per heavy atom. The number of hydrogen-bond acceptors (Lipinski definition) is 2. The lowest BCUT2D eigenvalue weighted by Gasteiger charge is -2.21. The summed E-state index contributed by atoms with van der Waals surface area (Å²) in [5.41, 5.74) is 0.818. The zero-order valence-electron chi connectivity index (χ0n) is 12.1. The van der Waals surface area contributed by atoms with Crippen LogP contribution in [0.15, 0.2) is 24.3 Å². The summed E-state index contributed by atoms with van der Waals surface area (Å²) in [6, 6.07) is 6.66. The molecule has 118 valence electrons. The number of alkyl halides is 3. The molecule has 0 amide bonds. The van der Waals surface area contributed by atoms with Gasteiger partial charge in [-0.15, -0.1) is 13.2 Å². The number of benzene rings is 1. The van der Waals surface area contributed by atoms with Crippen LogP contribution in [-0.2, 0) is 6.54 Å². The largest absolute Gasteiger partial charge is 0.573 e. The first-order chi connectivity index (χ1) is 10.0. The molecule has 0 heterocycles. The Hall–Kier alpha value is -1.23. The molecular weight excluding hydrogens is 279 g/mol. The van der Waals surface area contributed by atoms with Gasteiger partial charge in [0.2, 0.25) is 0 Å². The van der Waals surface area contributed by atoms with Gasteiger partial charge in [0.25, 0.3) is 0 Å². The molecule has 0 atom stereocenters. The fraction of sp³-hybridized carbons (Fsp3) is 0.625. The summed E-state index contributed by atoms with van der Waals surface area (Å²) in [5.74, 6) is -0.153. The summed E-state index contributed by atoms with van der Waals surface area (Å²) in [7, 11) is 0. The molecule has 2 rings (SSSR count). The highest BCUT2D eigenvalue weighted by Gasteiger charge is 2.31. The van der Waals surface area contributed by atoms with E-state index in [0.29, 0.717) is 12.6 Å². The third kappa shape index (κ3) is 6.38. The molecule has 5 heteroatoms. The molecule has 0 saturated heterocycles. The number of nitrogens with one attached hydrogen (secondary N) is 1. The van der Waals surface area contributed by atoms with Gasteiger partial charge in [-0.2, -0.15) is 0 Å². The van der Waals surface area contributed by atoms with Crippen molar-refractivity contribution in [2.45, 2.75) is 63.9 Å². The molecule has 1 aromatic rings. The van der Waals surface area contributed by atoms with E-state index in [-0.39, 0.29) is 5.75 Å². The van der Waals surface area contributed by atoms with Gasteiger partial charge in [0.05, 0.1) is 0 Å². The fourth-order valence-corrected chi connectivity index (χ4v) is 2.78. The first kappa shape index (κ1) is 16.1. The fourth-order valence-electron chi connectivity index (χ4n) is 2.78. The van der Waals surface area contributed by atoms with Crippen molar-refractivity contribution in [1.82, 2.24) is 5.32 Å². The topological polar surface area (TPSA) is 21.3 Å². The van der Waals surface area contributed by atoms with Crippen LogP contribution in [0, 0.1) is 0 Å². The first-order valence-electron chi connectivity index (χ1n) is 7.61. The van der Waals surface area contributed by atoms with E-state index < -0.39 is 6.36 Å². The van der Waals surface area contributed by atoms with Crippen LogP contribution >= 0.6 is 0 Å². The van der Waals surface area contributed by atoms with Gasteiger partial charge in [0.1, 0.15) is 5.75 Å². The van der Waals surface area contributed by atoms with E-state index in [1.165, 1.54) is 44.2 Å². The molecule has 1 aromatic carbocycles. The van der Waals surface area contributed by atoms with Crippen LogP contribution in [0.5, 0.6) is 5.75 Å². The molecule has 1 saturated carbocycles. The van der Waals surface area contributed by atoms with E-state index in [4.69, 9.17) is 0 Å². The minimum absolute atomic E-state index is 0.153. The SMILES string of the molecule is FC(F)(F)Oc1cccc(CNC2CCCCCCC2)c1. The Kier molecular flexibility index (Phi) is 5.91. The second-order valence-corrected chi connectivity index (χ2v) is 5.62. The Bertz CT molecular complexity index is 426. The van der Waals surface area contributed by atoms with Crippen molar-refractivity contribution in [3.8, 4) is 5.75 Å². The van der Waals surface area contributed by atoms with Gasteiger partial charge in [-0.25, -0.2) is 0 Å². The summed E-state index contributed by atoms with van der Waals surface area (Å²) >= 11 is 0. The van der Waals surface area contributed by atoms with Gasteiger partial charge < -0.3 is 10.1 Å². The van der Waals surface area contributed by atoms with Crippen LogP contribution in [-0.4, -0.2) is 12.4 Å². The second kappa shape index (κ2) is 7.69. The molecule has 1 N–H and O–H groups in total. The van der Waals surface area contributed by atoms with Crippen molar-refractivity contribution in [3.05, 3.63) is 29.8 Å². The maximum Gasteiger partial charge on any atom is 0.573 e. The van der Waals surface area contributed by atoms with Crippen LogP contribution < -0.4 is 10.1 Å². The quantitative estimate of drug-likeness (QED) is 0.863. The van der Waals surface area contributed by atoms with Gasteiger partial charge in [-0.1, -0.05) is 44.2 Å². The van der Waals surface area contributed by atoms with E-state index in [9.17, 15) is 13.2 Å². The molecule has 0 radical (unpaired) electrons. The predicted octanol–water partition coefficient (Wildman–Crippen LogP) is 4.79. The molecule has 21 heavy (non-hydrogen) atoms. The summed E-state index contributed by atoms with van der Waals surface area (Å²) in [6.45, 7) is 0.583. The van der Waals surface area contributed by atoms with E-state index in [1.807, 2.05) is 6.07 Å². The number of ether oxygens (including phenoxy) is 1. The molecule has 0 bridgehead atoms. The van der Waals surface area contributed by atoms with E-state index in [1.54, 1.807) is 6.07 Å². The van der Waals surface area contributed by atoms with E-state index >= 15 is 0 Å².